The fourth-order valence-electron chi connectivity index (χ4n) is 5.11. The molecule has 0 spiro atoms. The molecular formula is C43H27Cl3N4O2. The Morgan fingerprint density at radius 3 is 1.35 bits per heavy atom. The van der Waals surface area contributed by atoms with Gasteiger partial charge in [0.15, 0.2) is 0 Å². The first kappa shape index (κ1) is 35.7. The van der Waals surface area contributed by atoms with Crippen LogP contribution < -0.4 is 9.47 Å². The summed E-state index contributed by atoms with van der Waals surface area (Å²) in [6.07, 6.45) is 0. The monoisotopic (exact) mass is 736 g/mol. The molecule has 2 heterocycles. The number of halogens is 3. The van der Waals surface area contributed by atoms with Gasteiger partial charge in [0, 0.05) is 16.7 Å². The quantitative estimate of drug-likeness (QED) is 0.151. The molecule has 0 saturated carbocycles. The van der Waals surface area contributed by atoms with Gasteiger partial charge in [0.25, 0.3) is 0 Å². The molecule has 5 aromatic carbocycles. The molecule has 0 bridgehead atoms. The van der Waals surface area contributed by atoms with E-state index in [9.17, 15) is 10.5 Å². The lowest BCUT2D eigenvalue weighted by atomic mass is 10.0. The number of benzene rings is 5. The summed E-state index contributed by atoms with van der Waals surface area (Å²) in [7, 11) is 0. The maximum absolute atomic E-state index is 9.61. The van der Waals surface area contributed by atoms with Crippen molar-refractivity contribution in [1.82, 2.24) is 9.97 Å². The lowest BCUT2D eigenvalue weighted by Crippen LogP contribution is -1.94. The van der Waals surface area contributed by atoms with Gasteiger partial charge < -0.3 is 9.47 Å². The van der Waals surface area contributed by atoms with E-state index < -0.39 is 0 Å². The molecule has 0 N–H and O–H groups in total. The van der Waals surface area contributed by atoms with Gasteiger partial charge in [-0.3, -0.25) is 0 Å². The van der Waals surface area contributed by atoms with Crippen molar-refractivity contribution in [3.05, 3.63) is 177 Å². The predicted octanol–water partition coefficient (Wildman–Crippen LogP) is 12.8. The van der Waals surface area contributed by atoms with Crippen LogP contribution in [0.1, 0.15) is 16.7 Å². The van der Waals surface area contributed by atoms with Gasteiger partial charge in [-0.2, -0.15) is 10.5 Å². The van der Waals surface area contributed by atoms with Crippen molar-refractivity contribution in [2.45, 2.75) is 6.92 Å². The molecule has 7 rings (SSSR count). The summed E-state index contributed by atoms with van der Waals surface area (Å²) >= 11 is 18.4. The zero-order valence-corrected chi connectivity index (χ0v) is 29.9. The van der Waals surface area contributed by atoms with Crippen LogP contribution in [0.4, 0.5) is 0 Å². The molecule has 7 aromatic rings. The molecule has 252 valence electrons. The van der Waals surface area contributed by atoms with Crippen LogP contribution in [0.15, 0.2) is 146 Å². The minimum absolute atomic E-state index is 0.244. The summed E-state index contributed by atoms with van der Waals surface area (Å²) in [4.78, 5) is 8.95. The van der Waals surface area contributed by atoms with Gasteiger partial charge in [-0.25, -0.2) is 9.97 Å². The maximum Gasteiger partial charge on any atom is 0.131 e. The van der Waals surface area contributed by atoms with E-state index in [1.54, 1.807) is 18.2 Å². The molecule has 0 aliphatic heterocycles. The van der Waals surface area contributed by atoms with Crippen LogP contribution in [-0.4, -0.2) is 9.97 Å². The molecule has 0 unspecified atom stereocenters. The summed E-state index contributed by atoms with van der Waals surface area (Å²) < 4.78 is 11.6. The number of pyridine rings is 2. The van der Waals surface area contributed by atoms with E-state index >= 15 is 0 Å². The number of aromatic nitrogens is 2. The molecule has 0 radical (unpaired) electrons. The number of hydrogen-bond donors (Lipinski definition) is 0. The highest BCUT2D eigenvalue weighted by molar-refractivity contribution is 6.35. The number of nitrogens with zero attached hydrogens (tertiary/aromatic N) is 4. The zero-order chi connectivity index (χ0) is 36.5. The van der Waals surface area contributed by atoms with Crippen LogP contribution >= 0.6 is 34.8 Å². The summed E-state index contributed by atoms with van der Waals surface area (Å²) in [5.41, 5.74) is 6.07. The normalized spacial score (nSPS) is 10.3. The van der Waals surface area contributed by atoms with E-state index in [2.05, 4.69) is 17.1 Å². The third-order valence-electron chi connectivity index (χ3n) is 7.70. The van der Waals surface area contributed by atoms with E-state index in [1.165, 1.54) is 11.6 Å². The van der Waals surface area contributed by atoms with Crippen LogP contribution in [0.3, 0.4) is 0 Å². The van der Waals surface area contributed by atoms with Crippen molar-refractivity contribution in [3.8, 4) is 68.9 Å². The summed E-state index contributed by atoms with van der Waals surface area (Å²) in [5, 5.41) is 19.8. The summed E-state index contributed by atoms with van der Waals surface area (Å²) in [6, 6.07) is 49.3. The minimum Gasteiger partial charge on any atom is -0.457 e. The Bertz CT molecular complexity index is 2390. The summed E-state index contributed by atoms with van der Waals surface area (Å²) in [5.74, 6) is 2.91. The zero-order valence-electron chi connectivity index (χ0n) is 27.6. The first-order valence-electron chi connectivity index (χ1n) is 15.9. The largest absolute Gasteiger partial charge is 0.457 e. The molecule has 0 fully saturated rings. The van der Waals surface area contributed by atoms with Gasteiger partial charge in [-0.1, -0.05) is 101 Å². The van der Waals surface area contributed by atoms with Crippen molar-refractivity contribution in [2.24, 2.45) is 0 Å². The molecule has 0 atom stereocenters. The third kappa shape index (κ3) is 8.76. The lowest BCUT2D eigenvalue weighted by molar-refractivity contribution is 0.482. The Labute approximate surface area is 316 Å². The van der Waals surface area contributed by atoms with Gasteiger partial charge in [-0.15, -0.1) is 0 Å². The molecule has 0 aliphatic carbocycles. The molecule has 0 saturated heterocycles. The Kier molecular flexibility index (Phi) is 11.5. The number of aryl methyl sites for hydroxylation is 1. The van der Waals surface area contributed by atoms with E-state index in [0.29, 0.717) is 39.0 Å². The van der Waals surface area contributed by atoms with Gasteiger partial charge >= 0.3 is 0 Å². The highest BCUT2D eigenvalue weighted by Crippen LogP contribution is 2.34. The highest BCUT2D eigenvalue weighted by atomic mass is 35.5. The van der Waals surface area contributed by atoms with Gasteiger partial charge in [0.2, 0.25) is 0 Å². The standard InChI is InChI=1S/C25H17ClN2O.C18H10Cl2N2O/c1-17-7-9-18(10-8-17)24-15-23(26)22(16-27)25(28-24)19-11-13-21(14-12-19)29-20-5-3-2-4-6-20;19-16-10-17(20)22-18(15(16)11-21)12-6-8-14(9-7-12)23-13-4-2-1-3-5-13/h2-15H,1H3;1-10H. The van der Waals surface area contributed by atoms with Crippen LogP contribution in [-0.2, 0) is 0 Å². The molecule has 52 heavy (non-hydrogen) atoms. The van der Waals surface area contributed by atoms with E-state index in [-0.39, 0.29) is 10.2 Å². The number of rotatable bonds is 7. The topological polar surface area (TPSA) is 91.8 Å². The van der Waals surface area contributed by atoms with Crippen molar-refractivity contribution >= 4 is 34.8 Å². The van der Waals surface area contributed by atoms with E-state index in [4.69, 9.17) is 49.3 Å². The Morgan fingerprint density at radius 2 is 0.885 bits per heavy atom. The fourth-order valence-corrected chi connectivity index (χ4v) is 5.83. The average Bonchev–Trinajstić information content (AvgIpc) is 3.16. The predicted molar refractivity (Wildman–Crippen MR) is 207 cm³/mol. The Morgan fingerprint density at radius 1 is 0.481 bits per heavy atom. The van der Waals surface area contributed by atoms with Gasteiger partial charge in [-0.05, 0) is 91.9 Å². The summed E-state index contributed by atoms with van der Waals surface area (Å²) in [6.45, 7) is 2.04. The first-order valence-corrected chi connectivity index (χ1v) is 17.0. The SMILES string of the molecule is Cc1ccc(-c2cc(Cl)c(C#N)c(-c3ccc(Oc4ccccc4)cc3)n2)cc1.N#Cc1c(Cl)cc(Cl)nc1-c1ccc(Oc2ccccc2)cc1. The van der Waals surface area contributed by atoms with Crippen molar-refractivity contribution in [1.29, 1.82) is 10.5 Å². The van der Waals surface area contributed by atoms with E-state index in [0.717, 1.165) is 33.9 Å². The van der Waals surface area contributed by atoms with Crippen molar-refractivity contribution < 1.29 is 9.47 Å². The average molecular weight is 738 g/mol. The van der Waals surface area contributed by atoms with Crippen LogP contribution in [0, 0.1) is 29.6 Å². The lowest BCUT2D eigenvalue weighted by Gasteiger charge is -2.11. The third-order valence-corrected chi connectivity index (χ3v) is 8.49. The fraction of sp³-hybridized carbons (Fsp3) is 0.0233. The number of nitriles is 2. The van der Waals surface area contributed by atoms with Crippen LogP contribution in [0.25, 0.3) is 33.8 Å². The molecule has 9 heteroatoms. The number of hydrogen-bond acceptors (Lipinski definition) is 6. The van der Waals surface area contributed by atoms with Crippen LogP contribution in [0.5, 0.6) is 23.0 Å². The number of ether oxygens (including phenoxy) is 2. The minimum atomic E-state index is 0.244. The van der Waals surface area contributed by atoms with E-state index in [1.807, 2.05) is 128 Å². The van der Waals surface area contributed by atoms with Crippen molar-refractivity contribution in [3.63, 3.8) is 0 Å². The second-order valence-electron chi connectivity index (χ2n) is 11.3. The first-order chi connectivity index (χ1) is 25.3. The Hall–Kier alpha value is -6.15. The molecule has 0 aliphatic rings. The molecular weight excluding hydrogens is 711 g/mol. The Balaban J connectivity index is 0.000000183. The second-order valence-corrected chi connectivity index (χ2v) is 12.5. The van der Waals surface area contributed by atoms with Crippen molar-refractivity contribution in [2.75, 3.05) is 0 Å². The second kappa shape index (κ2) is 16.7. The van der Waals surface area contributed by atoms with Crippen LogP contribution in [0.2, 0.25) is 15.2 Å². The molecule has 2 aromatic heterocycles. The van der Waals surface area contributed by atoms with Gasteiger partial charge in [0.05, 0.1) is 38.3 Å². The molecule has 6 nitrogen and oxygen atoms in total. The van der Waals surface area contributed by atoms with Gasteiger partial charge in [0.1, 0.15) is 40.3 Å². The number of para-hydroxylation sites is 2. The molecule has 0 amide bonds. The maximum atomic E-state index is 9.61. The highest BCUT2D eigenvalue weighted by Gasteiger charge is 2.15. The smallest absolute Gasteiger partial charge is 0.131 e.